The molecule has 0 fully saturated rings. The molecule has 0 aliphatic heterocycles. The Morgan fingerprint density at radius 2 is 2.58 bits per heavy atom. The summed E-state index contributed by atoms with van der Waals surface area (Å²) in [5.41, 5.74) is 5.43. The number of rotatable bonds is 3. The second-order valence-corrected chi connectivity index (χ2v) is 2.31. The van der Waals surface area contributed by atoms with Gasteiger partial charge in [-0.05, 0) is 0 Å². The van der Waals surface area contributed by atoms with Crippen LogP contribution in [0, 0.1) is 12.3 Å². The maximum atomic E-state index is 10.6. The summed E-state index contributed by atoms with van der Waals surface area (Å²) in [5.74, 6) is 2.01. The smallest absolute Gasteiger partial charge is 0.251 e. The maximum Gasteiger partial charge on any atom is 0.251 e. The molecule has 12 heavy (non-hydrogen) atoms. The van der Waals surface area contributed by atoms with Crippen LogP contribution < -0.4 is 5.73 Å². The summed E-state index contributed by atoms with van der Waals surface area (Å²) >= 11 is 0. The van der Waals surface area contributed by atoms with E-state index in [0.717, 1.165) is 0 Å². The lowest BCUT2D eigenvalue weighted by atomic mass is 10.3. The van der Waals surface area contributed by atoms with E-state index in [9.17, 15) is 4.79 Å². The zero-order chi connectivity index (χ0) is 8.97. The molecule has 0 atom stereocenters. The highest BCUT2D eigenvalue weighted by molar-refractivity contribution is 5.92. The zero-order valence-corrected chi connectivity index (χ0v) is 6.53. The van der Waals surface area contributed by atoms with Gasteiger partial charge in [-0.1, -0.05) is 0 Å². The number of primary amides is 1. The average Bonchev–Trinajstić information content (AvgIpc) is 2.48. The van der Waals surface area contributed by atoms with Crippen LogP contribution in [0.1, 0.15) is 16.8 Å². The lowest BCUT2D eigenvalue weighted by molar-refractivity contribution is 0.1000. The van der Waals surface area contributed by atoms with Crippen molar-refractivity contribution in [2.75, 3.05) is 0 Å². The number of aryl methyl sites for hydroxylation is 1. The first-order chi connectivity index (χ1) is 5.74. The SMILES string of the molecule is C#CCCn1cc(C(N)=O)cn1. The largest absolute Gasteiger partial charge is 0.366 e. The van der Waals surface area contributed by atoms with Crippen molar-refractivity contribution in [2.24, 2.45) is 5.73 Å². The van der Waals surface area contributed by atoms with Gasteiger partial charge in [-0.25, -0.2) is 0 Å². The van der Waals surface area contributed by atoms with Crippen LogP contribution in [0.5, 0.6) is 0 Å². The van der Waals surface area contributed by atoms with Crippen LogP contribution in [0.3, 0.4) is 0 Å². The standard InChI is InChI=1S/C8H9N3O/c1-2-3-4-11-6-7(5-10-11)8(9)12/h1,5-6H,3-4H2,(H2,9,12). The molecule has 1 amide bonds. The lowest BCUT2D eigenvalue weighted by Crippen LogP contribution is -2.09. The van der Waals surface area contributed by atoms with Gasteiger partial charge in [0.05, 0.1) is 18.3 Å². The molecule has 0 aliphatic rings. The zero-order valence-electron chi connectivity index (χ0n) is 6.53. The molecule has 0 spiro atoms. The predicted octanol–water partition coefficient (Wildman–Crippen LogP) is 0.00530. The fraction of sp³-hybridized carbons (Fsp3) is 0.250. The van der Waals surface area contributed by atoms with E-state index in [2.05, 4.69) is 11.0 Å². The summed E-state index contributed by atoms with van der Waals surface area (Å²) < 4.78 is 1.60. The van der Waals surface area contributed by atoms with Gasteiger partial charge in [-0.2, -0.15) is 5.10 Å². The minimum Gasteiger partial charge on any atom is -0.366 e. The van der Waals surface area contributed by atoms with E-state index in [0.29, 0.717) is 18.5 Å². The molecule has 0 unspecified atom stereocenters. The molecule has 0 saturated carbocycles. The molecule has 0 saturated heterocycles. The number of aromatic nitrogens is 2. The quantitative estimate of drug-likeness (QED) is 0.638. The van der Waals surface area contributed by atoms with Crippen LogP contribution in [-0.4, -0.2) is 15.7 Å². The van der Waals surface area contributed by atoms with Gasteiger partial charge >= 0.3 is 0 Å². The minimum absolute atomic E-state index is 0.409. The van der Waals surface area contributed by atoms with Crippen LogP contribution in [0.15, 0.2) is 12.4 Å². The monoisotopic (exact) mass is 163 g/mol. The van der Waals surface area contributed by atoms with Crippen molar-refractivity contribution >= 4 is 5.91 Å². The van der Waals surface area contributed by atoms with Gasteiger partial charge < -0.3 is 5.73 Å². The highest BCUT2D eigenvalue weighted by Gasteiger charge is 2.02. The number of carbonyl (C=O) groups is 1. The molecule has 1 heterocycles. The highest BCUT2D eigenvalue weighted by Crippen LogP contribution is 1.96. The van der Waals surface area contributed by atoms with E-state index in [-0.39, 0.29) is 0 Å². The van der Waals surface area contributed by atoms with Gasteiger partial charge in [0, 0.05) is 12.6 Å². The first-order valence-electron chi connectivity index (χ1n) is 3.50. The van der Waals surface area contributed by atoms with E-state index in [1.165, 1.54) is 6.20 Å². The number of hydrogen-bond donors (Lipinski definition) is 1. The summed E-state index contributed by atoms with van der Waals surface area (Å²) in [6.07, 6.45) is 8.67. The molecule has 1 aromatic rings. The lowest BCUT2D eigenvalue weighted by Gasteiger charge is -1.93. The maximum absolute atomic E-state index is 10.6. The second-order valence-electron chi connectivity index (χ2n) is 2.31. The minimum atomic E-state index is -0.470. The topological polar surface area (TPSA) is 60.9 Å². The van der Waals surface area contributed by atoms with Crippen LogP contribution in [0.2, 0.25) is 0 Å². The third-order valence-corrected chi connectivity index (χ3v) is 1.40. The molecule has 4 nitrogen and oxygen atoms in total. The van der Waals surface area contributed by atoms with Crippen LogP contribution in [0.4, 0.5) is 0 Å². The van der Waals surface area contributed by atoms with Crippen molar-refractivity contribution in [2.45, 2.75) is 13.0 Å². The summed E-state index contributed by atoms with van der Waals surface area (Å²) in [6.45, 7) is 0.615. The molecule has 1 rings (SSSR count). The summed E-state index contributed by atoms with van der Waals surface area (Å²) in [6, 6.07) is 0. The van der Waals surface area contributed by atoms with Gasteiger partial charge in [-0.3, -0.25) is 9.48 Å². The number of nitrogens with two attached hydrogens (primary N) is 1. The molecule has 0 aromatic carbocycles. The second kappa shape index (κ2) is 3.58. The van der Waals surface area contributed by atoms with Crippen molar-refractivity contribution in [3.05, 3.63) is 18.0 Å². The Morgan fingerprint density at radius 3 is 3.08 bits per heavy atom. The molecular weight excluding hydrogens is 154 g/mol. The van der Waals surface area contributed by atoms with E-state index in [1.54, 1.807) is 10.9 Å². The predicted molar refractivity (Wildman–Crippen MR) is 44.2 cm³/mol. The number of terminal acetylenes is 1. The Balaban J connectivity index is 2.66. The molecule has 0 bridgehead atoms. The molecule has 2 N–H and O–H groups in total. The Bertz CT molecular complexity index is 321. The van der Waals surface area contributed by atoms with E-state index < -0.39 is 5.91 Å². The Kier molecular flexibility index (Phi) is 2.49. The summed E-state index contributed by atoms with van der Waals surface area (Å²) in [4.78, 5) is 10.6. The number of amides is 1. The number of carbonyl (C=O) groups excluding carboxylic acids is 1. The van der Waals surface area contributed by atoms with Crippen LogP contribution in [0.25, 0.3) is 0 Å². The van der Waals surface area contributed by atoms with Crippen molar-refractivity contribution in [1.29, 1.82) is 0 Å². The average molecular weight is 163 g/mol. The fourth-order valence-electron chi connectivity index (χ4n) is 0.792. The summed E-state index contributed by atoms with van der Waals surface area (Å²) in [7, 11) is 0. The van der Waals surface area contributed by atoms with Crippen molar-refractivity contribution in [1.82, 2.24) is 9.78 Å². The van der Waals surface area contributed by atoms with Gasteiger partial charge in [0.1, 0.15) is 0 Å². The van der Waals surface area contributed by atoms with Gasteiger partial charge in [0.2, 0.25) is 0 Å². The molecule has 62 valence electrons. The number of nitrogens with zero attached hydrogens (tertiary/aromatic N) is 2. The Labute approximate surface area is 70.4 Å². The van der Waals surface area contributed by atoms with Crippen LogP contribution >= 0.6 is 0 Å². The van der Waals surface area contributed by atoms with Gasteiger partial charge in [-0.15, -0.1) is 12.3 Å². The highest BCUT2D eigenvalue weighted by atomic mass is 16.1. The van der Waals surface area contributed by atoms with Crippen LogP contribution in [-0.2, 0) is 6.54 Å². The van der Waals surface area contributed by atoms with E-state index >= 15 is 0 Å². The Morgan fingerprint density at radius 1 is 1.83 bits per heavy atom. The first kappa shape index (κ1) is 8.34. The fourth-order valence-corrected chi connectivity index (χ4v) is 0.792. The van der Waals surface area contributed by atoms with Crippen molar-refractivity contribution in [3.8, 4) is 12.3 Å². The molecule has 0 aliphatic carbocycles. The first-order valence-corrected chi connectivity index (χ1v) is 3.50. The molecule has 4 heteroatoms. The Hall–Kier alpha value is -1.76. The number of hydrogen-bond acceptors (Lipinski definition) is 2. The summed E-state index contributed by atoms with van der Waals surface area (Å²) in [5, 5.41) is 3.90. The van der Waals surface area contributed by atoms with Crippen molar-refractivity contribution < 1.29 is 4.79 Å². The normalized spacial score (nSPS) is 9.25. The van der Waals surface area contributed by atoms with Gasteiger partial charge in [0.15, 0.2) is 0 Å². The van der Waals surface area contributed by atoms with E-state index in [1.807, 2.05) is 0 Å². The molecule has 0 radical (unpaired) electrons. The molecule has 1 aromatic heterocycles. The third-order valence-electron chi connectivity index (χ3n) is 1.40. The van der Waals surface area contributed by atoms with Crippen molar-refractivity contribution in [3.63, 3.8) is 0 Å². The third kappa shape index (κ3) is 1.86. The van der Waals surface area contributed by atoms with E-state index in [4.69, 9.17) is 12.2 Å². The van der Waals surface area contributed by atoms with Gasteiger partial charge in [0.25, 0.3) is 5.91 Å². The molecular formula is C8H9N3O.